The van der Waals surface area contributed by atoms with Crippen LogP contribution in [-0.2, 0) is 16.0 Å². The average molecular weight is 405 g/mol. The number of thiazole rings is 1. The van der Waals surface area contributed by atoms with Crippen molar-refractivity contribution in [3.8, 4) is 11.1 Å². The monoisotopic (exact) mass is 405 g/mol. The molecule has 2 N–H and O–H groups in total. The molecular weight excluding hydrogens is 386 g/mol. The number of aromatic nitrogens is 3. The summed E-state index contributed by atoms with van der Waals surface area (Å²) in [6, 6.07) is 7.64. The Labute approximate surface area is 171 Å². The van der Waals surface area contributed by atoms with Crippen LogP contribution >= 0.6 is 11.3 Å². The molecule has 7 nitrogen and oxygen atoms in total. The van der Waals surface area contributed by atoms with E-state index in [-0.39, 0.29) is 24.2 Å². The highest BCUT2D eigenvalue weighted by atomic mass is 32.1. The summed E-state index contributed by atoms with van der Waals surface area (Å²) in [6.45, 7) is 3.39. The number of amides is 2. The molecule has 0 bridgehead atoms. The second-order valence-electron chi connectivity index (χ2n) is 6.76. The quantitative estimate of drug-likeness (QED) is 0.583. The van der Waals surface area contributed by atoms with Crippen LogP contribution in [0.25, 0.3) is 11.1 Å². The molecule has 0 saturated heterocycles. The fraction of sp³-hybridized carbons (Fsp3) is 0.190. The molecule has 2 heterocycles. The number of anilines is 2. The van der Waals surface area contributed by atoms with E-state index in [1.807, 2.05) is 30.5 Å². The van der Waals surface area contributed by atoms with Crippen LogP contribution in [-0.4, -0.2) is 26.8 Å². The maximum absolute atomic E-state index is 12.4. The van der Waals surface area contributed by atoms with Gasteiger partial charge >= 0.3 is 0 Å². The van der Waals surface area contributed by atoms with Crippen molar-refractivity contribution in [2.45, 2.75) is 25.2 Å². The molecule has 1 saturated carbocycles. The molecule has 1 aliphatic carbocycles. The van der Waals surface area contributed by atoms with Crippen LogP contribution in [0.5, 0.6) is 0 Å². The van der Waals surface area contributed by atoms with Crippen LogP contribution in [0.4, 0.5) is 11.1 Å². The Morgan fingerprint density at radius 2 is 1.90 bits per heavy atom. The molecule has 1 aromatic carbocycles. The van der Waals surface area contributed by atoms with Gasteiger partial charge in [-0.3, -0.25) is 14.9 Å². The van der Waals surface area contributed by atoms with E-state index in [1.165, 1.54) is 17.7 Å². The fourth-order valence-electron chi connectivity index (χ4n) is 2.81. The molecule has 2 amide bonds. The van der Waals surface area contributed by atoms with Crippen molar-refractivity contribution < 1.29 is 9.59 Å². The summed E-state index contributed by atoms with van der Waals surface area (Å²) in [6.07, 6.45) is 8.95. The number of nitrogens with zero attached hydrogens (tertiary/aromatic N) is 3. The van der Waals surface area contributed by atoms with Crippen molar-refractivity contribution >= 4 is 34.2 Å². The van der Waals surface area contributed by atoms with Crippen LogP contribution in [0.3, 0.4) is 0 Å². The van der Waals surface area contributed by atoms with E-state index in [9.17, 15) is 9.59 Å². The molecule has 146 valence electrons. The molecule has 0 atom stereocenters. The second kappa shape index (κ2) is 8.32. The molecular formula is C21H19N5O2S. The maximum Gasteiger partial charge on any atom is 0.250 e. The summed E-state index contributed by atoms with van der Waals surface area (Å²) in [5.41, 5.74) is 2.56. The minimum absolute atomic E-state index is 0.0995. The Bertz CT molecular complexity index is 1060. The Kier molecular flexibility index (Phi) is 5.44. The third-order valence-electron chi connectivity index (χ3n) is 4.45. The highest BCUT2D eigenvalue weighted by molar-refractivity contribution is 7.15. The van der Waals surface area contributed by atoms with E-state index >= 15 is 0 Å². The summed E-state index contributed by atoms with van der Waals surface area (Å²) < 4.78 is 0. The van der Waals surface area contributed by atoms with Crippen LogP contribution in [0.2, 0.25) is 0 Å². The van der Waals surface area contributed by atoms with E-state index in [0.29, 0.717) is 11.0 Å². The normalized spacial score (nSPS) is 13.0. The zero-order chi connectivity index (χ0) is 20.2. The minimum atomic E-state index is -0.366. The highest BCUT2D eigenvalue weighted by Gasteiger charge is 2.25. The number of hydrogen-bond acceptors (Lipinski definition) is 6. The summed E-state index contributed by atoms with van der Waals surface area (Å²) in [7, 11) is 0. The van der Waals surface area contributed by atoms with Crippen molar-refractivity contribution in [1.29, 1.82) is 0 Å². The van der Waals surface area contributed by atoms with Crippen LogP contribution in [0.15, 0.2) is 55.5 Å². The van der Waals surface area contributed by atoms with Gasteiger partial charge in [-0.2, -0.15) is 0 Å². The van der Waals surface area contributed by atoms with E-state index in [2.05, 4.69) is 32.2 Å². The lowest BCUT2D eigenvalue weighted by Gasteiger charge is -2.06. The first kappa shape index (κ1) is 18.9. The first-order valence-electron chi connectivity index (χ1n) is 9.21. The fourth-order valence-corrected chi connectivity index (χ4v) is 3.81. The topological polar surface area (TPSA) is 96.9 Å². The average Bonchev–Trinajstić information content (AvgIpc) is 3.48. The molecule has 8 heteroatoms. The molecule has 0 radical (unpaired) electrons. The molecule has 29 heavy (non-hydrogen) atoms. The second-order valence-corrected chi connectivity index (χ2v) is 7.82. The Hall–Kier alpha value is -3.39. The highest BCUT2D eigenvalue weighted by Crippen LogP contribution is 2.43. The van der Waals surface area contributed by atoms with Gasteiger partial charge < -0.3 is 5.32 Å². The van der Waals surface area contributed by atoms with Gasteiger partial charge in [-0.05, 0) is 36.0 Å². The first-order valence-corrected chi connectivity index (χ1v) is 10.0. The Balaban J connectivity index is 1.40. The molecule has 0 unspecified atom stereocenters. The van der Waals surface area contributed by atoms with E-state index in [0.717, 1.165) is 22.8 Å². The Morgan fingerprint density at radius 3 is 2.62 bits per heavy atom. The first-order chi connectivity index (χ1) is 14.1. The lowest BCUT2D eigenvalue weighted by molar-refractivity contribution is -0.115. The zero-order valence-electron chi connectivity index (χ0n) is 15.6. The van der Waals surface area contributed by atoms with Gasteiger partial charge in [-0.25, -0.2) is 15.0 Å². The zero-order valence-corrected chi connectivity index (χ0v) is 16.4. The number of rotatable bonds is 7. The SMILES string of the molecule is C=CC(=O)Nc1ncc(-c2cccc(CC(=O)Nc3ncc(C4CC4)s3)c2)cn1. The van der Waals surface area contributed by atoms with E-state index < -0.39 is 0 Å². The smallest absolute Gasteiger partial charge is 0.250 e. The van der Waals surface area contributed by atoms with Gasteiger partial charge in [0.05, 0.1) is 6.42 Å². The molecule has 2 aromatic heterocycles. The third-order valence-corrected chi connectivity index (χ3v) is 5.52. The van der Waals surface area contributed by atoms with Crippen molar-refractivity contribution in [3.05, 3.63) is 66.0 Å². The molecule has 1 fully saturated rings. The summed E-state index contributed by atoms with van der Waals surface area (Å²) in [4.78, 5) is 37.5. The molecule has 4 rings (SSSR count). The van der Waals surface area contributed by atoms with Crippen LogP contribution in [0.1, 0.15) is 29.2 Å². The molecule has 1 aliphatic rings. The number of hydrogen-bond donors (Lipinski definition) is 2. The largest absolute Gasteiger partial charge is 0.302 e. The van der Waals surface area contributed by atoms with Crippen LogP contribution in [0, 0.1) is 0 Å². The number of carbonyl (C=O) groups is 2. The van der Waals surface area contributed by atoms with Crippen LogP contribution < -0.4 is 10.6 Å². The Morgan fingerprint density at radius 1 is 1.10 bits per heavy atom. The van der Waals surface area contributed by atoms with E-state index in [1.54, 1.807) is 23.7 Å². The van der Waals surface area contributed by atoms with Gasteiger partial charge in [0.2, 0.25) is 17.8 Å². The summed E-state index contributed by atoms with van der Waals surface area (Å²) in [5, 5.41) is 6.04. The van der Waals surface area contributed by atoms with Gasteiger partial charge in [0, 0.05) is 29.0 Å². The predicted molar refractivity (Wildman–Crippen MR) is 113 cm³/mol. The predicted octanol–water partition coefficient (Wildman–Crippen LogP) is 3.78. The van der Waals surface area contributed by atoms with Crippen molar-refractivity contribution in [1.82, 2.24) is 15.0 Å². The lowest BCUT2D eigenvalue weighted by atomic mass is 10.0. The number of benzene rings is 1. The summed E-state index contributed by atoms with van der Waals surface area (Å²) in [5.74, 6) is 0.379. The van der Waals surface area contributed by atoms with Crippen molar-refractivity contribution in [2.75, 3.05) is 10.6 Å². The van der Waals surface area contributed by atoms with Crippen molar-refractivity contribution in [3.63, 3.8) is 0 Å². The number of nitrogens with one attached hydrogen (secondary N) is 2. The lowest BCUT2D eigenvalue weighted by Crippen LogP contribution is -2.14. The van der Waals surface area contributed by atoms with Gasteiger partial charge in [0.1, 0.15) is 0 Å². The molecule has 3 aromatic rings. The third kappa shape index (κ3) is 4.91. The minimum Gasteiger partial charge on any atom is -0.302 e. The molecule has 0 spiro atoms. The summed E-state index contributed by atoms with van der Waals surface area (Å²) >= 11 is 1.55. The number of carbonyl (C=O) groups excluding carboxylic acids is 2. The van der Waals surface area contributed by atoms with E-state index in [4.69, 9.17) is 0 Å². The van der Waals surface area contributed by atoms with Gasteiger partial charge in [0.15, 0.2) is 5.13 Å². The standard InChI is InChI=1S/C21H19N5O2S/c1-2-18(27)25-20-22-10-16(11-23-20)15-5-3-4-13(8-15)9-19(28)26-21-24-12-17(29-21)14-6-7-14/h2-5,8,10-12,14H,1,6-7,9H2,(H,24,26,28)(H,22,23,25,27). The van der Waals surface area contributed by atoms with Crippen molar-refractivity contribution in [2.24, 2.45) is 0 Å². The van der Waals surface area contributed by atoms with Gasteiger partial charge in [-0.15, -0.1) is 11.3 Å². The maximum atomic E-state index is 12.4. The van der Waals surface area contributed by atoms with Gasteiger partial charge in [0.25, 0.3) is 0 Å². The van der Waals surface area contributed by atoms with Gasteiger partial charge in [-0.1, -0.05) is 30.8 Å². The molecule has 0 aliphatic heterocycles.